The predicted octanol–water partition coefficient (Wildman–Crippen LogP) is 15.7. The lowest BCUT2D eigenvalue weighted by molar-refractivity contribution is 0.669. The molecule has 0 amide bonds. The molecule has 3 heterocycles. The first kappa shape index (κ1) is 36.4. The zero-order valence-corrected chi connectivity index (χ0v) is 34.1. The van der Waals surface area contributed by atoms with Gasteiger partial charge in [0, 0.05) is 54.7 Å². The largest absolute Gasteiger partial charge is 0.456 e. The van der Waals surface area contributed by atoms with E-state index in [2.05, 4.69) is 206 Å². The van der Waals surface area contributed by atoms with E-state index < -0.39 is 0 Å². The van der Waals surface area contributed by atoms with Crippen molar-refractivity contribution in [3.05, 3.63) is 224 Å². The van der Waals surface area contributed by atoms with E-state index in [-0.39, 0.29) is 0 Å². The summed E-state index contributed by atoms with van der Waals surface area (Å²) in [5.74, 6) is 0.667. The Morgan fingerprint density at radius 2 is 0.810 bits per heavy atom. The number of fused-ring (bicyclic) bond motifs is 6. The highest BCUT2D eigenvalue weighted by Crippen LogP contribution is 2.46. The molecule has 3 aromatic heterocycles. The third-order valence-electron chi connectivity index (χ3n) is 12.1. The van der Waals surface area contributed by atoms with Gasteiger partial charge in [-0.25, -0.2) is 15.0 Å². The molecule has 0 aliphatic carbocycles. The smallest absolute Gasteiger partial charge is 0.160 e. The van der Waals surface area contributed by atoms with Crippen LogP contribution in [0, 0.1) is 0 Å². The minimum absolute atomic E-state index is 0.667. The van der Waals surface area contributed by atoms with Gasteiger partial charge in [-0.1, -0.05) is 188 Å². The number of benzene rings is 9. The standard InChI is InChI=1S/C59H37N3O/c1-4-16-38(17-5-1)43-22-14-24-45(34-43)52-37-51(61-59(62-52)46-25-15-23-44(35-46)39-18-6-2-7-19-39)40-30-32-42(33-31-40)58-49-36-54-57(48-27-11-13-29-53(48)63-54)55(41-20-8-3-9-21-41)56(49)47-26-10-12-28-50(47)60-58/h1-37H. The van der Waals surface area contributed by atoms with Crippen LogP contribution in [-0.2, 0) is 0 Å². The molecular weight excluding hydrogens is 767 g/mol. The topological polar surface area (TPSA) is 51.8 Å². The van der Waals surface area contributed by atoms with Crippen LogP contribution in [0.2, 0.25) is 0 Å². The molecule has 0 bridgehead atoms. The van der Waals surface area contributed by atoms with Gasteiger partial charge in [-0.2, -0.15) is 0 Å². The quantitative estimate of drug-likeness (QED) is 0.151. The molecule has 0 saturated carbocycles. The van der Waals surface area contributed by atoms with Crippen molar-refractivity contribution in [2.75, 3.05) is 0 Å². The minimum atomic E-state index is 0.667. The molecule has 294 valence electrons. The zero-order chi connectivity index (χ0) is 41.7. The Hall–Kier alpha value is -8.47. The van der Waals surface area contributed by atoms with Crippen LogP contribution < -0.4 is 0 Å². The van der Waals surface area contributed by atoms with E-state index >= 15 is 0 Å². The molecule has 0 aliphatic rings. The zero-order valence-electron chi connectivity index (χ0n) is 34.1. The van der Waals surface area contributed by atoms with Crippen LogP contribution >= 0.6 is 0 Å². The van der Waals surface area contributed by atoms with Gasteiger partial charge in [0.15, 0.2) is 5.82 Å². The summed E-state index contributed by atoms with van der Waals surface area (Å²) >= 11 is 0. The number of rotatable bonds is 7. The normalized spacial score (nSPS) is 11.5. The van der Waals surface area contributed by atoms with E-state index in [0.29, 0.717) is 5.82 Å². The molecule has 0 aliphatic heterocycles. The van der Waals surface area contributed by atoms with E-state index in [0.717, 1.165) is 116 Å². The second-order valence-electron chi connectivity index (χ2n) is 15.9. The Morgan fingerprint density at radius 3 is 1.51 bits per heavy atom. The second kappa shape index (κ2) is 15.2. The molecule has 0 fully saturated rings. The molecule has 0 N–H and O–H groups in total. The van der Waals surface area contributed by atoms with Gasteiger partial charge in [-0.15, -0.1) is 0 Å². The fraction of sp³-hybridized carbons (Fsp3) is 0. The lowest BCUT2D eigenvalue weighted by Crippen LogP contribution is -1.97. The van der Waals surface area contributed by atoms with Crippen molar-refractivity contribution in [1.82, 2.24) is 15.0 Å². The summed E-state index contributed by atoms with van der Waals surface area (Å²) in [6, 6.07) is 78.4. The highest BCUT2D eigenvalue weighted by Gasteiger charge is 2.22. The van der Waals surface area contributed by atoms with E-state index in [9.17, 15) is 0 Å². The van der Waals surface area contributed by atoms with Gasteiger partial charge in [0.2, 0.25) is 0 Å². The third kappa shape index (κ3) is 6.53. The lowest BCUT2D eigenvalue weighted by Gasteiger charge is -2.16. The summed E-state index contributed by atoms with van der Waals surface area (Å²) in [5.41, 5.74) is 16.0. The van der Waals surface area contributed by atoms with E-state index in [4.69, 9.17) is 19.4 Å². The molecule has 63 heavy (non-hydrogen) atoms. The van der Waals surface area contributed by atoms with Gasteiger partial charge in [0.25, 0.3) is 0 Å². The Balaban J connectivity index is 1.03. The fourth-order valence-electron chi connectivity index (χ4n) is 9.06. The van der Waals surface area contributed by atoms with Crippen LogP contribution in [0.25, 0.3) is 122 Å². The van der Waals surface area contributed by atoms with Crippen molar-refractivity contribution >= 4 is 43.6 Å². The Kier molecular flexibility index (Phi) is 8.79. The summed E-state index contributed by atoms with van der Waals surface area (Å²) in [7, 11) is 0. The maximum atomic E-state index is 6.62. The Morgan fingerprint density at radius 1 is 0.286 bits per heavy atom. The van der Waals surface area contributed by atoms with Gasteiger partial charge in [-0.05, 0) is 64.2 Å². The van der Waals surface area contributed by atoms with E-state index in [1.807, 2.05) is 18.2 Å². The fourth-order valence-corrected chi connectivity index (χ4v) is 9.06. The van der Waals surface area contributed by atoms with Crippen LogP contribution in [0.5, 0.6) is 0 Å². The summed E-state index contributed by atoms with van der Waals surface area (Å²) < 4.78 is 6.62. The summed E-state index contributed by atoms with van der Waals surface area (Å²) in [5, 5.41) is 5.51. The maximum absolute atomic E-state index is 6.62. The molecule has 12 aromatic rings. The summed E-state index contributed by atoms with van der Waals surface area (Å²) in [4.78, 5) is 15.9. The van der Waals surface area contributed by atoms with Crippen LogP contribution in [0.15, 0.2) is 229 Å². The van der Waals surface area contributed by atoms with Crippen molar-refractivity contribution in [3.8, 4) is 78.5 Å². The van der Waals surface area contributed by atoms with Gasteiger partial charge >= 0.3 is 0 Å². The molecular formula is C59H37N3O. The molecule has 4 heteroatoms. The van der Waals surface area contributed by atoms with Gasteiger partial charge < -0.3 is 4.42 Å². The number of pyridine rings is 1. The van der Waals surface area contributed by atoms with E-state index in [1.54, 1.807) is 0 Å². The highest BCUT2D eigenvalue weighted by molar-refractivity contribution is 6.27. The molecule has 0 radical (unpaired) electrons. The number of hydrogen-bond donors (Lipinski definition) is 0. The number of para-hydroxylation sites is 2. The molecule has 4 nitrogen and oxygen atoms in total. The van der Waals surface area contributed by atoms with E-state index in [1.165, 1.54) is 0 Å². The van der Waals surface area contributed by atoms with Crippen molar-refractivity contribution < 1.29 is 4.42 Å². The molecule has 0 saturated heterocycles. The average Bonchev–Trinajstić information content (AvgIpc) is 3.74. The number of aromatic nitrogens is 3. The van der Waals surface area contributed by atoms with Crippen LogP contribution in [0.1, 0.15) is 0 Å². The predicted molar refractivity (Wildman–Crippen MR) is 260 cm³/mol. The highest BCUT2D eigenvalue weighted by atomic mass is 16.3. The molecule has 12 rings (SSSR count). The molecule has 0 unspecified atom stereocenters. The van der Waals surface area contributed by atoms with Crippen molar-refractivity contribution in [2.45, 2.75) is 0 Å². The van der Waals surface area contributed by atoms with Gasteiger partial charge in [0.05, 0.1) is 22.6 Å². The minimum Gasteiger partial charge on any atom is -0.456 e. The number of nitrogens with zero attached hydrogens (tertiary/aromatic N) is 3. The first-order chi connectivity index (χ1) is 31.2. The molecule has 0 atom stereocenters. The first-order valence-corrected chi connectivity index (χ1v) is 21.3. The monoisotopic (exact) mass is 803 g/mol. The van der Waals surface area contributed by atoms with Crippen molar-refractivity contribution in [1.29, 1.82) is 0 Å². The van der Waals surface area contributed by atoms with Gasteiger partial charge in [-0.3, -0.25) is 0 Å². The Bertz CT molecular complexity index is 3550. The van der Waals surface area contributed by atoms with Crippen LogP contribution in [0.3, 0.4) is 0 Å². The number of hydrogen-bond acceptors (Lipinski definition) is 4. The third-order valence-corrected chi connectivity index (χ3v) is 12.1. The lowest BCUT2D eigenvalue weighted by atomic mass is 9.89. The van der Waals surface area contributed by atoms with Crippen molar-refractivity contribution in [2.24, 2.45) is 0 Å². The molecule has 0 spiro atoms. The SMILES string of the molecule is c1ccc(-c2cccc(-c3cc(-c4ccc(-c5nc6ccccc6c6c(-c7ccccc7)c7c(cc56)oc5ccccc57)cc4)nc(-c4cccc(-c5ccccc5)c4)n3)c2)cc1. The average molecular weight is 804 g/mol. The Labute approximate surface area is 364 Å². The second-order valence-corrected chi connectivity index (χ2v) is 15.9. The van der Waals surface area contributed by atoms with Crippen LogP contribution in [-0.4, -0.2) is 15.0 Å². The molecule has 9 aromatic carbocycles. The van der Waals surface area contributed by atoms with Crippen molar-refractivity contribution in [3.63, 3.8) is 0 Å². The number of furan rings is 1. The maximum Gasteiger partial charge on any atom is 0.160 e. The van der Waals surface area contributed by atoms with Gasteiger partial charge in [0.1, 0.15) is 11.2 Å². The summed E-state index contributed by atoms with van der Waals surface area (Å²) in [6.07, 6.45) is 0. The first-order valence-electron chi connectivity index (χ1n) is 21.3. The van der Waals surface area contributed by atoms with Crippen LogP contribution in [0.4, 0.5) is 0 Å². The summed E-state index contributed by atoms with van der Waals surface area (Å²) in [6.45, 7) is 0.